The maximum Gasteiger partial charge on any atom is 0.301 e. The van der Waals surface area contributed by atoms with E-state index in [9.17, 15) is 14.7 Å². The van der Waals surface area contributed by atoms with Gasteiger partial charge in [0.2, 0.25) is 5.13 Å². The first kappa shape index (κ1) is 33.5. The molecule has 240 valence electrons. The number of benzene rings is 3. The third-order valence-corrected chi connectivity index (χ3v) is 9.94. The molecule has 5 rings (SSSR count). The Morgan fingerprint density at radius 3 is 2.22 bits per heavy atom. The SMILES string of the molecule is CCCCCOc1ccc(C2/C(=C(\O)c3ccc(OCCCC)cc3)C(=O)C(=O)N2c2nnc(SCc3ccccc3Cl)s2)cc1. The molecule has 1 saturated heterocycles. The molecule has 1 N–H and O–H groups in total. The van der Waals surface area contributed by atoms with Crippen molar-refractivity contribution in [1.29, 1.82) is 0 Å². The van der Waals surface area contributed by atoms with E-state index in [0.717, 1.165) is 37.7 Å². The average Bonchev–Trinajstić information content (AvgIpc) is 3.64. The number of aliphatic hydroxyl groups is 1. The van der Waals surface area contributed by atoms with Crippen LogP contribution >= 0.6 is 34.7 Å². The Labute approximate surface area is 282 Å². The van der Waals surface area contributed by atoms with Crippen molar-refractivity contribution in [1.82, 2.24) is 10.2 Å². The number of carbonyl (C=O) groups excluding carboxylic acids is 2. The number of aromatic nitrogens is 2. The molecule has 0 saturated carbocycles. The van der Waals surface area contributed by atoms with Crippen LogP contribution in [0, 0.1) is 0 Å². The molecule has 2 heterocycles. The zero-order chi connectivity index (χ0) is 32.5. The summed E-state index contributed by atoms with van der Waals surface area (Å²) in [4.78, 5) is 28.6. The monoisotopic (exact) mass is 677 g/mol. The number of ketones is 1. The maximum atomic E-state index is 13.6. The number of anilines is 1. The Bertz CT molecular complexity index is 1670. The summed E-state index contributed by atoms with van der Waals surface area (Å²) in [7, 11) is 0. The number of carbonyl (C=O) groups is 2. The lowest BCUT2D eigenvalue weighted by atomic mass is 9.95. The van der Waals surface area contributed by atoms with Crippen molar-refractivity contribution in [3.63, 3.8) is 0 Å². The van der Waals surface area contributed by atoms with Crippen molar-refractivity contribution in [2.75, 3.05) is 18.1 Å². The second-order valence-electron chi connectivity index (χ2n) is 10.8. The summed E-state index contributed by atoms with van der Waals surface area (Å²) in [5.74, 6) is 0.0467. The lowest BCUT2D eigenvalue weighted by molar-refractivity contribution is -0.132. The number of rotatable bonds is 15. The highest BCUT2D eigenvalue weighted by atomic mass is 35.5. The smallest absolute Gasteiger partial charge is 0.301 e. The van der Waals surface area contributed by atoms with Gasteiger partial charge < -0.3 is 14.6 Å². The minimum Gasteiger partial charge on any atom is -0.507 e. The first-order valence-electron chi connectivity index (χ1n) is 15.4. The van der Waals surface area contributed by atoms with E-state index in [-0.39, 0.29) is 16.5 Å². The molecule has 1 aliphatic heterocycles. The normalized spacial score (nSPS) is 15.8. The Morgan fingerprint density at radius 2 is 1.54 bits per heavy atom. The molecule has 1 unspecified atom stereocenters. The van der Waals surface area contributed by atoms with Gasteiger partial charge in [0, 0.05) is 16.3 Å². The highest BCUT2D eigenvalue weighted by molar-refractivity contribution is 8.00. The standard InChI is InChI=1S/C35H36ClN3O5S2/c1-3-5-9-21-44-26-16-12-23(13-17-26)30-29(31(40)24-14-18-27(19-15-24)43-20-6-4-2)32(41)33(42)39(30)34-37-38-35(46-34)45-22-25-10-7-8-11-28(25)36/h7-8,10-19,30,40H,3-6,9,20-22H2,1-2H3/b31-29+. The average molecular weight is 678 g/mol. The number of unbranched alkanes of at least 4 members (excludes halogenated alkanes) is 3. The fraction of sp³-hybridized carbons (Fsp3) is 0.314. The summed E-state index contributed by atoms with van der Waals surface area (Å²) < 4.78 is 12.3. The lowest BCUT2D eigenvalue weighted by Gasteiger charge is -2.22. The van der Waals surface area contributed by atoms with Crippen LogP contribution in [0.5, 0.6) is 11.5 Å². The topological polar surface area (TPSA) is 102 Å². The number of thioether (sulfide) groups is 1. The molecule has 1 atom stereocenters. The third kappa shape index (κ3) is 7.92. The number of ether oxygens (including phenoxy) is 2. The molecule has 0 bridgehead atoms. The van der Waals surface area contributed by atoms with E-state index in [2.05, 4.69) is 24.0 Å². The molecule has 4 aromatic rings. The third-order valence-electron chi connectivity index (χ3n) is 7.46. The highest BCUT2D eigenvalue weighted by Crippen LogP contribution is 2.44. The summed E-state index contributed by atoms with van der Waals surface area (Å²) in [6, 6.07) is 20.7. The number of halogens is 1. The van der Waals surface area contributed by atoms with Gasteiger partial charge in [-0.1, -0.05) is 98.1 Å². The van der Waals surface area contributed by atoms with Crippen molar-refractivity contribution in [3.05, 3.63) is 100 Å². The first-order chi connectivity index (χ1) is 22.4. The molecule has 0 aliphatic carbocycles. The van der Waals surface area contributed by atoms with Gasteiger partial charge in [-0.2, -0.15) is 0 Å². The second-order valence-corrected chi connectivity index (χ2v) is 13.3. The van der Waals surface area contributed by atoms with Gasteiger partial charge >= 0.3 is 5.91 Å². The maximum absolute atomic E-state index is 13.6. The predicted molar refractivity (Wildman–Crippen MR) is 184 cm³/mol. The largest absolute Gasteiger partial charge is 0.507 e. The van der Waals surface area contributed by atoms with Gasteiger partial charge in [0.05, 0.1) is 24.8 Å². The molecule has 0 radical (unpaired) electrons. The zero-order valence-corrected chi connectivity index (χ0v) is 28.2. The molecule has 8 nitrogen and oxygen atoms in total. The van der Waals surface area contributed by atoms with Crippen LogP contribution in [0.2, 0.25) is 5.02 Å². The van der Waals surface area contributed by atoms with Crippen LogP contribution in [0.1, 0.15) is 68.7 Å². The number of aliphatic hydroxyl groups excluding tert-OH is 1. The van der Waals surface area contributed by atoms with Gasteiger partial charge in [0.15, 0.2) is 4.34 Å². The van der Waals surface area contributed by atoms with Gasteiger partial charge in [-0.3, -0.25) is 14.5 Å². The van der Waals surface area contributed by atoms with E-state index in [1.807, 2.05) is 48.5 Å². The van der Waals surface area contributed by atoms with E-state index in [0.29, 0.717) is 51.0 Å². The lowest BCUT2D eigenvalue weighted by Crippen LogP contribution is -2.29. The molecular weight excluding hydrogens is 642 g/mol. The van der Waals surface area contributed by atoms with Crippen molar-refractivity contribution in [2.45, 2.75) is 62.1 Å². The van der Waals surface area contributed by atoms with Crippen LogP contribution in [0.15, 0.2) is 82.7 Å². The van der Waals surface area contributed by atoms with Gasteiger partial charge in [-0.15, -0.1) is 10.2 Å². The summed E-state index contributed by atoms with van der Waals surface area (Å²) >= 11 is 8.97. The Morgan fingerprint density at radius 1 is 0.891 bits per heavy atom. The fourth-order valence-corrected chi connectivity index (χ4v) is 7.10. The van der Waals surface area contributed by atoms with Gasteiger partial charge in [0.25, 0.3) is 5.78 Å². The van der Waals surface area contributed by atoms with Crippen LogP contribution in [0.4, 0.5) is 5.13 Å². The van der Waals surface area contributed by atoms with Crippen molar-refractivity contribution in [2.24, 2.45) is 0 Å². The molecule has 3 aromatic carbocycles. The number of hydrogen-bond acceptors (Lipinski definition) is 9. The molecule has 46 heavy (non-hydrogen) atoms. The van der Waals surface area contributed by atoms with Gasteiger partial charge in [-0.05, 0) is 66.4 Å². The van der Waals surface area contributed by atoms with E-state index in [1.165, 1.54) is 28.0 Å². The summed E-state index contributed by atoms with van der Waals surface area (Å²) in [5, 5.41) is 21.1. The predicted octanol–water partition coefficient (Wildman–Crippen LogP) is 8.86. The molecule has 11 heteroatoms. The summed E-state index contributed by atoms with van der Waals surface area (Å²) in [6.45, 7) is 5.42. The number of Topliss-reactive ketones (excluding diaryl/α,β-unsaturated/α-hetero) is 1. The van der Waals surface area contributed by atoms with E-state index >= 15 is 0 Å². The van der Waals surface area contributed by atoms with Crippen molar-refractivity contribution in [3.8, 4) is 11.5 Å². The number of amides is 1. The van der Waals surface area contributed by atoms with Gasteiger partial charge in [0.1, 0.15) is 17.3 Å². The molecule has 1 amide bonds. The molecule has 1 aliphatic rings. The van der Waals surface area contributed by atoms with Crippen LogP contribution in [-0.2, 0) is 15.3 Å². The van der Waals surface area contributed by atoms with Crippen LogP contribution in [-0.4, -0.2) is 40.2 Å². The van der Waals surface area contributed by atoms with Gasteiger partial charge in [-0.25, -0.2) is 0 Å². The first-order valence-corrected chi connectivity index (χ1v) is 17.6. The Kier molecular flexibility index (Phi) is 11.7. The molecular formula is C35H36ClN3O5S2. The fourth-order valence-electron chi connectivity index (χ4n) is 4.95. The minimum absolute atomic E-state index is 0.0262. The molecule has 1 aromatic heterocycles. The highest BCUT2D eigenvalue weighted by Gasteiger charge is 2.48. The Hall–Kier alpha value is -3.86. The van der Waals surface area contributed by atoms with E-state index < -0.39 is 17.7 Å². The van der Waals surface area contributed by atoms with Crippen molar-refractivity contribution < 1.29 is 24.2 Å². The molecule has 1 fully saturated rings. The van der Waals surface area contributed by atoms with Crippen molar-refractivity contribution >= 4 is 57.3 Å². The second kappa shape index (κ2) is 16.1. The summed E-state index contributed by atoms with van der Waals surface area (Å²) in [5.41, 5.74) is 1.95. The Balaban J connectivity index is 1.47. The van der Waals surface area contributed by atoms with E-state index in [1.54, 1.807) is 24.3 Å². The minimum atomic E-state index is -0.927. The van der Waals surface area contributed by atoms with Crippen LogP contribution in [0.25, 0.3) is 5.76 Å². The quantitative estimate of drug-likeness (QED) is 0.0333. The van der Waals surface area contributed by atoms with Crippen LogP contribution < -0.4 is 14.4 Å². The number of hydrogen-bond donors (Lipinski definition) is 1. The zero-order valence-electron chi connectivity index (χ0n) is 25.8. The van der Waals surface area contributed by atoms with Crippen LogP contribution in [0.3, 0.4) is 0 Å². The summed E-state index contributed by atoms with van der Waals surface area (Å²) in [6.07, 6.45) is 5.08. The van der Waals surface area contributed by atoms with E-state index in [4.69, 9.17) is 21.1 Å². The molecule has 0 spiro atoms. The number of nitrogens with zero attached hydrogens (tertiary/aromatic N) is 3.